The van der Waals surface area contributed by atoms with Gasteiger partial charge in [-0.1, -0.05) is 31.2 Å². The van der Waals surface area contributed by atoms with Gasteiger partial charge in [0.2, 0.25) is 0 Å². The van der Waals surface area contributed by atoms with Gasteiger partial charge >= 0.3 is 0 Å². The molecule has 0 aliphatic rings. The first-order valence-corrected chi connectivity index (χ1v) is 7.01. The van der Waals surface area contributed by atoms with Crippen LogP contribution in [0.1, 0.15) is 36.6 Å². The topological polar surface area (TPSA) is 49.8 Å². The van der Waals surface area contributed by atoms with E-state index in [-0.39, 0.29) is 6.04 Å². The first-order chi connectivity index (χ1) is 9.67. The van der Waals surface area contributed by atoms with Crippen molar-refractivity contribution in [2.45, 2.75) is 33.2 Å². The SMILES string of the molecule is CCc1c(NC)ncnc1NC(C)c1ccccc1C. The Morgan fingerprint density at radius 3 is 2.50 bits per heavy atom. The van der Waals surface area contributed by atoms with E-state index in [4.69, 9.17) is 0 Å². The summed E-state index contributed by atoms with van der Waals surface area (Å²) in [6.45, 7) is 6.40. The van der Waals surface area contributed by atoms with Crippen LogP contribution in [0.4, 0.5) is 11.6 Å². The molecule has 2 N–H and O–H groups in total. The summed E-state index contributed by atoms with van der Waals surface area (Å²) >= 11 is 0. The quantitative estimate of drug-likeness (QED) is 0.872. The van der Waals surface area contributed by atoms with Crippen LogP contribution in [-0.4, -0.2) is 17.0 Å². The Hall–Kier alpha value is -2.10. The normalized spacial score (nSPS) is 12.0. The van der Waals surface area contributed by atoms with Crippen LogP contribution in [0.15, 0.2) is 30.6 Å². The lowest BCUT2D eigenvalue weighted by Crippen LogP contribution is -2.12. The number of aryl methyl sites for hydroxylation is 1. The second kappa shape index (κ2) is 6.37. The maximum Gasteiger partial charge on any atom is 0.135 e. The monoisotopic (exact) mass is 270 g/mol. The van der Waals surface area contributed by atoms with Crippen LogP contribution in [0.2, 0.25) is 0 Å². The summed E-state index contributed by atoms with van der Waals surface area (Å²) in [6.07, 6.45) is 2.48. The molecular formula is C16H22N4. The molecule has 2 aromatic rings. The lowest BCUT2D eigenvalue weighted by molar-refractivity contribution is 0.854. The predicted octanol–water partition coefficient (Wildman–Crippen LogP) is 3.56. The molecule has 4 nitrogen and oxygen atoms in total. The van der Waals surface area contributed by atoms with Crippen molar-refractivity contribution >= 4 is 11.6 Å². The number of nitrogens with zero attached hydrogens (tertiary/aromatic N) is 2. The molecular weight excluding hydrogens is 248 g/mol. The molecule has 0 bridgehead atoms. The highest BCUT2D eigenvalue weighted by Crippen LogP contribution is 2.25. The summed E-state index contributed by atoms with van der Waals surface area (Å²) in [6, 6.07) is 8.63. The van der Waals surface area contributed by atoms with Gasteiger partial charge in [0, 0.05) is 12.6 Å². The van der Waals surface area contributed by atoms with Crippen molar-refractivity contribution in [1.82, 2.24) is 9.97 Å². The highest BCUT2D eigenvalue weighted by molar-refractivity contribution is 5.58. The summed E-state index contributed by atoms with van der Waals surface area (Å²) in [4.78, 5) is 8.66. The van der Waals surface area contributed by atoms with Gasteiger partial charge in [-0.05, 0) is 31.4 Å². The third-order valence-electron chi connectivity index (χ3n) is 3.54. The molecule has 20 heavy (non-hydrogen) atoms. The second-order valence-electron chi connectivity index (χ2n) is 4.88. The second-order valence-corrected chi connectivity index (χ2v) is 4.88. The van der Waals surface area contributed by atoms with Gasteiger partial charge in [-0.2, -0.15) is 0 Å². The molecule has 0 radical (unpaired) electrons. The minimum atomic E-state index is 0.209. The Morgan fingerprint density at radius 2 is 1.85 bits per heavy atom. The van der Waals surface area contributed by atoms with Crippen LogP contribution >= 0.6 is 0 Å². The summed E-state index contributed by atoms with van der Waals surface area (Å²) in [7, 11) is 1.88. The van der Waals surface area contributed by atoms with E-state index in [1.807, 2.05) is 7.05 Å². The van der Waals surface area contributed by atoms with Crippen LogP contribution in [0.25, 0.3) is 0 Å². The molecule has 4 heteroatoms. The number of anilines is 2. The average Bonchev–Trinajstić information content (AvgIpc) is 2.47. The zero-order chi connectivity index (χ0) is 14.5. The fourth-order valence-corrected chi connectivity index (χ4v) is 2.44. The van der Waals surface area contributed by atoms with Crippen LogP contribution < -0.4 is 10.6 Å². The van der Waals surface area contributed by atoms with E-state index < -0.39 is 0 Å². The van der Waals surface area contributed by atoms with E-state index in [9.17, 15) is 0 Å². The van der Waals surface area contributed by atoms with Crippen molar-refractivity contribution in [2.24, 2.45) is 0 Å². The van der Waals surface area contributed by atoms with Gasteiger partial charge in [0.15, 0.2) is 0 Å². The number of aromatic nitrogens is 2. The molecule has 0 saturated carbocycles. The molecule has 106 valence electrons. The Kier molecular flexibility index (Phi) is 4.56. The number of nitrogens with one attached hydrogen (secondary N) is 2. The van der Waals surface area contributed by atoms with Gasteiger partial charge in [-0.15, -0.1) is 0 Å². The van der Waals surface area contributed by atoms with Gasteiger partial charge in [0.25, 0.3) is 0 Å². The molecule has 1 atom stereocenters. The van der Waals surface area contributed by atoms with Crippen molar-refractivity contribution in [3.63, 3.8) is 0 Å². The number of hydrogen-bond donors (Lipinski definition) is 2. The Morgan fingerprint density at radius 1 is 1.15 bits per heavy atom. The first-order valence-electron chi connectivity index (χ1n) is 7.01. The van der Waals surface area contributed by atoms with Crippen LogP contribution in [0.5, 0.6) is 0 Å². The fourth-order valence-electron chi connectivity index (χ4n) is 2.44. The molecule has 1 heterocycles. The van der Waals surface area contributed by atoms with Crippen molar-refractivity contribution in [1.29, 1.82) is 0 Å². The molecule has 0 aliphatic carbocycles. The summed E-state index contributed by atoms with van der Waals surface area (Å²) in [5.41, 5.74) is 3.70. The average molecular weight is 270 g/mol. The number of rotatable bonds is 5. The van der Waals surface area contributed by atoms with E-state index >= 15 is 0 Å². The number of benzene rings is 1. The van der Waals surface area contributed by atoms with Gasteiger partial charge in [-0.3, -0.25) is 0 Å². The fraction of sp³-hybridized carbons (Fsp3) is 0.375. The highest BCUT2D eigenvalue weighted by atomic mass is 15.1. The van der Waals surface area contributed by atoms with Gasteiger partial charge < -0.3 is 10.6 Å². The summed E-state index contributed by atoms with van der Waals surface area (Å²) < 4.78 is 0. The zero-order valence-electron chi connectivity index (χ0n) is 12.6. The Bertz CT molecular complexity index is 580. The Balaban J connectivity index is 2.28. The molecule has 0 saturated heterocycles. The lowest BCUT2D eigenvalue weighted by Gasteiger charge is -2.19. The van der Waals surface area contributed by atoms with Gasteiger partial charge in [0.05, 0.1) is 6.04 Å². The third-order valence-corrected chi connectivity index (χ3v) is 3.54. The van der Waals surface area contributed by atoms with Crippen molar-refractivity contribution < 1.29 is 0 Å². The standard InChI is InChI=1S/C16H22N4/c1-5-13-15(17-4)18-10-19-16(13)20-12(3)14-9-7-6-8-11(14)2/h6-10,12H,5H2,1-4H3,(H2,17,18,19,20). The van der Waals surface area contributed by atoms with E-state index in [0.29, 0.717) is 0 Å². The summed E-state index contributed by atoms with van der Waals surface area (Å²) in [5.74, 6) is 1.80. The zero-order valence-corrected chi connectivity index (χ0v) is 12.6. The van der Waals surface area contributed by atoms with E-state index in [1.165, 1.54) is 11.1 Å². The van der Waals surface area contributed by atoms with Crippen LogP contribution in [-0.2, 0) is 6.42 Å². The number of hydrogen-bond acceptors (Lipinski definition) is 4. The van der Waals surface area contributed by atoms with Gasteiger partial charge in [-0.25, -0.2) is 9.97 Å². The van der Waals surface area contributed by atoms with Crippen LogP contribution in [0.3, 0.4) is 0 Å². The van der Waals surface area contributed by atoms with E-state index in [0.717, 1.165) is 23.6 Å². The molecule has 1 aromatic heterocycles. The largest absolute Gasteiger partial charge is 0.373 e. The lowest BCUT2D eigenvalue weighted by atomic mass is 10.0. The molecule has 0 spiro atoms. The van der Waals surface area contributed by atoms with E-state index in [1.54, 1.807) is 6.33 Å². The molecule has 1 unspecified atom stereocenters. The third kappa shape index (κ3) is 2.90. The van der Waals surface area contributed by atoms with Crippen molar-refractivity contribution in [2.75, 3.05) is 17.7 Å². The molecule has 1 aromatic carbocycles. The van der Waals surface area contributed by atoms with Crippen molar-refractivity contribution in [3.05, 3.63) is 47.3 Å². The molecule has 0 aliphatic heterocycles. The molecule has 0 amide bonds. The van der Waals surface area contributed by atoms with Crippen LogP contribution in [0, 0.1) is 6.92 Å². The maximum absolute atomic E-state index is 4.39. The minimum absolute atomic E-state index is 0.209. The minimum Gasteiger partial charge on any atom is -0.373 e. The van der Waals surface area contributed by atoms with Gasteiger partial charge in [0.1, 0.15) is 18.0 Å². The van der Waals surface area contributed by atoms with Crippen molar-refractivity contribution in [3.8, 4) is 0 Å². The predicted molar refractivity (Wildman–Crippen MR) is 84.2 cm³/mol. The van der Waals surface area contributed by atoms with E-state index in [2.05, 4.69) is 65.6 Å². The maximum atomic E-state index is 4.39. The summed E-state index contributed by atoms with van der Waals surface area (Å²) in [5, 5.41) is 6.62. The highest BCUT2D eigenvalue weighted by Gasteiger charge is 2.13. The molecule has 0 fully saturated rings. The molecule has 2 rings (SSSR count). The first kappa shape index (κ1) is 14.3. The smallest absolute Gasteiger partial charge is 0.135 e. The Labute approximate surface area is 120 Å².